The lowest BCUT2D eigenvalue weighted by atomic mass is 9.84. The van der Waals surface area contributed by atoms with E-state index in [9.17, 15) is 18.0 Å². The summed E-state index contributed by atoms with van der Waals surface area (Å²) in [4.78, 5) is 19.8. The minimum Gasteiger partial charge on any atom is -0.476 e. The van der Waals surface area contributed by atoms with E-state index in [1.807, 2.05) is 0 Å². The summed E-state index contributed by atoms with van der Waals surface area (Å²) in [6.07, 6.45) is -1.63. The highest BCUT2D eigenvalue weighted by molar-refractivity contribution is 5.85. The Hall–Kier alpha value is -2.14. The van der Waals surface area contributed by atoms with E-state index in [2.05, 4.69) is 17.3 Å². The van der Waals surface area contributed by atoms with Gasteiger partial charge in [-0.05, 0) is 37.3 Å². The van der Waals surface area contributed by atoms with E-state index in [0.717, 1.165) is 50.6 Å². The molecule has 28 heavy (non-hydrogen) atoms. The zero-order chi connectivity index (χ0) is 21.3. The Kier molecular flexibility index (Phi) is 9.39. The molecule has 1 atom stereocenters. The molecule has 1 aromatic rings. The van der Waals surface area contributed by atoms with Crippen molar-refractivity contribution in [3.8, 4) is 0 Å². The quantitative estimate of drug-likeness (QED) is 0.633. The van der Waals surface area contributed by atoms with Gasteiger partial charge < -0.3 is 20.3 Å². The smallest absolute Gasteiger partial charge is 0.476 e. The number of ether oxygens (including phenoxy) is 1. The number of aromatic carboxylic acids is 1. The van der Waals surface area contributed by atoms with Crippen LogP contribution in [0.25, 0.3) is 0 Å². The third-order valence-electron chi connectivity index (χ3n) is 4.61. The van der Waals surface area contributed by atoms with Crippen LogP contribution in [0.1, 0.15) is 42.4 Å². The first-order valence-corrected chi connectivity index (χ1v) is 8.91. The standard InChI is InChI=1S/C15H25N3O3.C2HF3O2/c1-3-11(12-4-6-21-7-5-12)9-16-10-13-8-14(15(19)20)17-18(13)2;3-2(4,5)1(6)7/h8,11-12,16H,3-7,9-10H2,1-2H3,(H,19,20);(H,6,7). The van der Waals surface area contributed by atoms with Gasteiger partial charge >= 0.3 is 18.1 Å². The van der Waals surface area contributed by atoms with Crippen molar-refractivity contribution in [1.29, 1.82) is 0 Å². The Labute approximate surface area is 160 Å². The molecule has 1 fully saturated rings. The summed E-state index contributed by atoms with van der Waals surface area (Å²) in [5.41, 5.74) is 1.00. The summed E-state index contributed by atoms with van der Waals surface area (Å²) in [7, 11) is 1.78. The van der Waals surface area contributed by atoms with Crippen LogP contribution in [0.5, 0.6) is 0 Å². The molecule has 8 nitrogen and oxygen atoms in total. The van der Waals surface area contributed by atoms with Crippen molar-refractivity contribution in [2.45, 2.75) is 38.9 Å². The third kappa shape index (κ3) is 7.85. The highest BCUT2D eigenvalue weighted by Gasteiger charge is 2.38. The molecule has 1 aliphatic heterocycles. The second-order valence-corrected chi connectivity index (χ2v) is 6.50. The lowest BCUT2D eigenvalue weighted by Crippen LogP contribution is -2.31. The van der Waals surface area contributed by atoms with Crippen molar-refractivity contribution in [1.82, 2.24) is 15.1 Å². The molecule has 0 saturated carbocycles. The Morgan fingerprint density at radius 1 is 1.36 bits per heavy atom. The number of halogens is 3. The molecule has 0 spiro atoms. The SMILES string of the molecule is CCC(CNCc1cc(C(=O)O)nn1C)C1CCOCC1.O=C(O)C(F)(F)F. The molecule has 1 unspecified atom stereocenters. The predicted octanol–water partition coefficient (Wildman–Crippen LogP) is 2.29. The monoisotopic (exact) mass is 409 g/mol. The van der Waals surface area contributed by atoms with Gasteiger partial charge in [-0.15, -0.1) is 0 Å². The van der Waals surface area contributed by atoms with E-state index in [0.29, 0.717) is 12.5 Å². The fourth-order valence-electron chi connectivity index (χ4n) is 2.99. The van der Waals surface area contributed by atoms with Crippen molar-refractivity contribution in [3.63, 3.8) is 0 Å². The fourth-order valence-corrected chi connectivity index (χ4v) is 2.99. The summed E-state index contributed by atoms with van der Waals surface area (Å²) in [5.74, 6) is -2.35. The van der Waals surface area contributed by atoms with Crippen LogP contribution in [0.4, 0.5) is 13.2 Å². The molecular formula is C17H26F3N3O5. The summed E-state index contributed by atoms with van der Waals surface area (Å²) < 4.78 is 38.8. The maximum atomic E-state index is 10.9. The van der Waals surface area contributed by atoms with Gasteiger partial charge in [0.2, 0.25) is 0 Å². The number of carboxylic acids is 2. The summed E-state index contributed by atoms with van der Waals surface area (Å²) in [6.45, 7) is 5.59. The lowest BCUT2D eigenvalue weighted by molar-refractivity contribution is -0.192. The Morgan fingerprint density at radius 2 is 1.93 bits per heavy atom. The number of hydrogen-bond donors (Lipinski definition) is 3. The van der Waals surface area contributed by atoms with E-state index in [1.165, 1.54) is 0 Å². The highest BCUT2D eigenvalue weighted by Crippen LogP contribution is 2.25. The first-order valence-electron chi connectivity index (χ1n) is 8.91. The van der Waals surface area contributed by atoms with Gasteiger partial charge in [0.15, 0.2) is 5.69 Å². The van der Waals surface area contributed by atoms with Crippen LogP contribution in [0.2, 0.25) is 0 Å². The maximum Gasteiger partial charge on any atom is 0.490 e. The number of alkyl halides is 3. The van der Waals surface area contributed by atoms with Crippen molar-refractivity contribution < 1.29 is 37.7 Å². The zero-order valence-corrected chi connectivity index (χ0v) is 15.8. The minimum atomic E-state index is -5.08. The molecule has 0 radical (unpaired) electrons. The van der Waals surface area contributed by atoms with Gasteiger partial charge in [-0.25, -0.2) is 9.59 Å². The number of aromatic nitrogens is 2. The van der Waals surface area contributed by atoms with Gasteiger partial charge in [0.05, 0.1) is 5.69 Å². The molecule has 2 rings (SSSR count). The second-order valence-electron chi connectivity index (χ2n) is 6.50. The Balaban J connectivity index is 0.000000480. The van der Waals surface area contributed by atoms with E-state index in [-0.39, 0.29) is 5.69 Å². The molecule has 160 valence electrons. The molecule has 0 aliphatic carbocycles. The fraction of sp³-hybridized carbons (Fsp3) is 0.706. The van der Waals surface area contributed by atoms with E-state index in [1.54, 1.807) is 17.8 Å². The van der Waals surface area contributed by atoms with Crippen LogP contribution in [0.3, 0.4) is 0 Å². The molecule has 2 heterocycles. The topological polar surface area (TPSA) is 114 Å². The van der Waals surface area contributed by atoms with Gasteiger partial charge in [0.1, 0.15) is 0 Å². The van der Waals surface area contributed by atoms with Gasteiger partial charge in [0, 0.05) is 26.8 Å². The lowest BCUT2D eigenvalue weighted by Gasteiger charge is -2.29. The van der Waals surface area contributed by atoms with Crippen LogP contribution in [-0.2, 0) is 23.1 Å². The largest absolute Gasteiger partial charge is 0.490 e. The second kappa shape index (κ2) is 11.0. The molecule has 1 aromatic heterocycles. The molecule has 11 heteroatoms. The molecule has 3 N–H and O–H groups in total. The molecule has 0 aromatic carbocycles. The van der Waals surface area contributed by atoms with Crippen molar-refractivity contribution in [2.75, 3.05) is 19.8 Å². The minimum absolute atomic E-state index is 0.103. The summed E-state index contributed by atoms with van der Waals surface area (Å²) in [5, 5.41) is 23.5. The van der Waals surface area contributed by atoms with E-state index in [4.69, 9.17) is 19.7 Å². The molecule has 1 aliphatic rings. The van der Waals surface area contributed by atoms with Gasteiger partial charge in [0.25, 0.3) is 0 Å². The first kappa shape index (κ1) is 23.9. The predicted molar refractivity (Wildman–Crippen MR) is 92.9 cm³/mol. The van der Waals surface area contributed by atoms with Gasteiger partial charge in [-0.3, -0.25) is 4.68 Å². The average molecular weight is 409 g/mol. The van der Waals surface area contributed by atoms with Crippen LogP contribution in [0.15, 0.2) is 6.07 Å². The van der Waals surface area contributed by atoms with Crippen LogP contribution < -0.4 is 5.32 Å². The maximum absolute atomic E-state index is 10.9. The summed E-state index contributed by atoms with van der Waals surface area (Å²) >= 11 is 0. The number of nitrogens with one attached hydrogen (secondary N) is 1. The van der Waals surface area contributed by atoms with E-state index < -0.39 is 18.1 Å². The number of hydrogen-bond acceptors (Lipinski definition) is 5. The zero-order valence-electron chi connectivity index (χ0n) is 15.8. The van der Waals surface area contributed by atoms with E-state index >= 15 is 0 Å². The number of nitrogens with zero attached hydrogens (tertiary/aromatic N) is 2. The molecular weight excluding hydrogens is 383 g/mol. The third-order valence-corrected chi connectivity index (χ3v) is 4.61. The number of aryl methyl sites for hydroxylation is 1. The normalized spacial score (nSPS) is 16.2. The van der Waals surface area contributed by atoms with Crippen LogP contribution >= 0.6 is 0 Å². The number of aliphatic carboxylic acids is 1. The van der Waals surface area contributed by atoms with Gasteiger partial charge in [-0.2, -0.15) is 18.3 Å². The first-order chi connectivity index (χ1) is 13.1. The highest BCUT2D eigenvalue weighted by atomic mass is 19.4. The van der Waals surface area contributed by atoms with Crippen molar-refractivity contribution in [2.24, 2.45) is 18.9 Å². The number of carboxylic acid groups (broad SMARTS) is 2. The molecule has 0 amide bonds. The van der Waals surface area contributed by atoms with Crippen molar-refractivity contribution in [3.05, 3.63) is 17.5 Å². The number of rotatable bonds is 7. The van der Waals surface area contributed by atoms with Crippen LogP contribution in [0, 0.1) is 11.8 Å². The Bertz CT molecular complexity index is 642. The molecule has 0 bridgehead atoms. The molecule has 1 saturated heterocycles. The van der Waals surface area contributed by atoms with Crippen molar-refractivity contribution >= 4 is 11.9 Å². The summed E-state index contributed by atoms with van der Waals surface area (Å²) in [6, 6.07) is 1.63. The average Bonchev–Trinajstić information content (AvgIpc) is 3.00. The Morgan fingerprint density at radius 3 is 2.36 bits per heavy atom. The van der Waals surface area contributed by atoms with Crippen LogP contribution in [-0.4, -0.2) is 57.9 Å². The van der Waals surface area contributed by atoms with Gasteiger partial charge in [-0.1, -0.05) is 13.3 Å². The number of carbonyl (C=O) groups is 2.